The van der Waals surface area contributed by atoms with Gasteiger partial charge in [0.1, 0.15) is 5.75 Å². The normalized spacial score (nSPS) is 23.3. The quantitative estimate of drug-likeness (QED) is 0.833. The van der Waals surface area contributed by atoms with Gasteiger partial charge >= 0.3 is 0 Å². The van der Waals surface area contributed by atoms with Crippen LogP contribution in [0.5, 0.6) is 5.75 Å². The van der Waals surface area contributed by atoms with Gasteiger partial charge in [-0.3, -0.25) is 9.69 Å². The molecule has 1 fully saturated rings. The Bertz CT molecular complexity index is 520. The van der Waals surface area contributed by atoms with Gasteiger partial charge in [-0.05, 0) is 37.9 Å². The molecule has 1 saturated heterocycles. The first-order valence-corrected chi connectivity index (χ1v) is 7.83. The van der Waals surface area contributed by atoms with Crippen LogP contribution in [0.1, 0.15) is 25.8 Å². The van der Waals surface area contributed by atoms with Crippen LogP contribution in [0.25, 0.3) is 0 Å². The number of rotatable bonds is 6. The van der Waals surface area contributed by atoms with Crippen molar-refractivity contribution in [3.8, 4) is 5.75 Å². The molecule has 1 aliphatic rings. The highest BCUT2D eigenvalue weighted by Crippen LogP contribution is 2.29. The van der Waals surface area contributed by atoms with E-state index in [2.05, 4.69) is 17.1 Å². The molecule has 0 saturated carbocycles. The molecule has 0 aliphatic carbocycles. The predicted octanol–water partition coefficient (Wildman–Crippen LogP) is 1.37. The summed E-state index contributed by atoms with van der Waals surface area (Å²) in [5, 5.41) is 3.00. The number of likely N-dealkylation sites (tertiary alicyclic amines) is 1. The standard InChI is InChI=1S/C17H27N3O2/c1-13(20-9-8-17(2,11-18)12-20)16(21)19-10-14-6-4-5-7-15(14)22-3/h4-7,13H,8-12,18H2,1-3H3,(H,19,21). The van der Waals surface area contributed by atoms with Gasteiger partial charge in [0, 0.05) is 18.7 Å². The van der Waals surface area contributed by atoms with Gasteiger partial charge in [-0.1, -0.05) is 25.1 Å². The van der Waals surface area contributed by atoms with Crippen molar-refractivity contribution in [2.75, 3.05) is 26.7 Å². The van der Waals surface area contributed by atoms with Crippen molar-refractivity contribution in [1.82, 2.24) is 10.2 Å². The molecular weight excluding hydrogens is 278 g/mol. The van der Waals surface area contributed by atoms with E-state index in [-0.39, 0.29) is 17.4 Å². The second-order valence-corrected chi connectivity index (χ2v) is 6.44. The molecule has 1 aromatic carbocycles. The number of benzene rings is 1. The zero-order valence-corrected chi connectivity index (χ0v) is 13.8. The first-order valence-electron chi connectivity index (χ1n) is 7.83. The molecule has 5 nitrogen and oxygen atoms in total. The van der Waals surface area contributed by atoms with Gasteiger partial charge in [0.05, 0.1) is 13.2 Å². The Kier molecular flexibility index (Phi) is 5.42. The highest BCUT2D eigenvalue weighted by molar-refractivity contribution is 5.81. The summed E-state index contributed by atoms with van der Waals surface area (Å²) in [6.45, 7) is 7.10. The molecule has 3 N–H and O–H groups in total. The van der Waals surface area contributed by atoms with Crippen LogP contribution in [0, 0.1) is 5.41 Å². The average molecular weight is 305 g/mol. The molecule has 0 bridgehead atoms. The Morgan fingerprint density at radius 1 is 1.50 bits per heavy atom. The Morgan fingerprint density at radius 2 is 2.23 bits per heavy atom. The zero-order valence-electron chi connectivity index (χ0n) is 13.8. The van der Waals surface area contributed by atoms with E-state index < -0.39 is 0 Å². The minimum Gasteiger partial charge on any atom is -0.496 e. The maximum atomic E-state index is 12.4. The van der Waals surface area contributed by atoms with Crippen molar-refractivity contribution in [1.29, 1.82) is 0 Å². The number of hydrogen-bond donors (Lipinski definition) is 2. The number of carbonyl (C=O) groups excluding carboxylic acids is 1. The van der Waals surface area contributed by atoms with E-state index in [9.17, 15) is 4.79 Å². The number of amides is 1. The summed E-state index contributed by atoms with van der Waals surface area (Å²) in [7, 11) is 1.64. The molecule has 122 valence electrons. The van der Waals surface area contributed by atoms with Crippen LogP contribution in [0.3, 0.4) is 0 Å². The van der Waals surface area contributed by atoms with E-state index in [1.165, 1.54) is 0 Å². The van der Waals surface area contributed by atoms with E-state index in [0.29, 0.717) is 13.1 Å². The second kappa shape index (κ2) is 7.11. The first kappa shape index (κ1) is 16.8. The fourth-order valence-electron chi connectivity index (χ4n) is 2.90. The van der Waals surface area contributed by atoms with Crippen LogP contribution >= 0.6 is 0 Å². The lowest BCUT2D eigenvalue weighted by atomic mass is 9.90. The number of nitrogens with two attached hydrogens (primary N) is 1. The van der Waals surface area contributed by atoms with Gasteiger partial charge < -0.3 is 15.8 Å². The third-order valence-corrected chi connectivity index (χ3v) is 4.65. The SMILES string of the molecule is COc1ccccc1CNC(=O)C(C)N1CCC(C)(CN)C1. The lowest BCUT2D eigenvalue weighted by Gasteiger charge is -2.26. The lowest BCUT2D eigenvalue weighted by molar-refractivity contribution is -0.125. The third-order valence-electron chi connectivity index (χ3n) is 4.65. The van der Waals surface area contributed by atoms with Crippen molar-refractivity contribution in [3.05, 3.63) is 29.8 Å². The molecule has 1 amide bonds. The van der Waals surface area contributed by atoms with Crippen molar-refractivity contribution in [2.24, 2.45) is 11.1 Å². The first-order chi connectivity index (χ1) is 10.5. The number of carbonyl (C=O) groups is 1. The topological polar surface area (TPSA) is 67.6 Å². The van der Waals surface area contributed by atoms with Gasteiger partial charge in [0.25, 0.3) is 0 Å². The molecule has 5 heteroatoms. The monoisotopic (exact) mass is 305 g/mol. The number of nitrogens with zero attached hydrogens (tertiary/aromatic N) is 1. The van der Waals surface area contributed by atoms with Crippen LogP contribution in [0.4, 0.5) is 0 Å². The Hall–Kier alpha value is -1.59. The van der Waals surface area contributed by atoms with Crippen LogP contribution in [-0.2, 0) is 11.3 Å². The molecule has 1 aliphatic heterocycles. The molecule has 0 spiro atoms. The molecule has 2 atom stereocenters. The molecule has 2 unspecified atom stereocenters. The minimum absolute atomic E-state index is 0.0483. The molecule has 2 rings (SSSR count). The molecule has 0 aromatic heterocycles. The lowest BCUT2D eigenvalue weighted by Crippen LogP contribution is -2.45. The summed E-state index contributed by atoms with van der Waals surface area (Å²) < 4.78 is 5.30. The van der Waals surface area contributed by atoms with Gasteiger partial charge in [-0.25, -0.2) is 0 Å². The maximum Gasteiger partial charge on any atom is 0.237 e. The van der Waals surface area contributed by atoms with E-state index in [4.69, 9.17) is 10.5 Å². The summed E-state index contributed by atoms with van der Waals surface area (Å²) in [6.07, 6.45) is 1.05. The van der Waals surface area contributed by atoms with E-state index in [1.54, 1.807) is 7.11 Å². The van der Waals surface area contributed by atoms with Crippen molar-refractivity contribution >= 4 is 5.91 Å². The Morgan fingerprint density at radius 3 is 2.86 bits per heavy atom. The number of methoxy groups -OCH3 is 1. The Balaban J connectivity index is 1.90. The maximum absolute atomic E-state index is 12.4. The summed E-state index contributed by atoms with van der Waals surface area (Å²) in [6, 6.07) is 7.59. The summed E-state index contributed by atoms with van der Waals surface area (Å²) >= 11 is 0. The van der Waals surface area contributed by atoms with Gasteiger partial charge in [-0.15, -0.1) is 0 Å². The van der Waals surface area contributed by atoms with Crippen molar-refractivity contribution in [2.45, 2.75) is 32.9 Å². The number of hydrogen-bond acceptors (Lipinski definition) is 4. The molecule has 1 aromatic rings. The molecule has 22 heavy (non-hydrogen) atoms. The highest BCUT2D eigenvalue weighted by atomic mass is 16.5. The van der Waals surface area contributed by atoms with Crippen molar-refractivity contribution < 1.29 is 9.53 Å². The van der Waals surface area contributed by atoms with Crippen LogP contribution in [-0.4, -0.2) is 43.6 Å². The largest absolute Gasteiger partial charge is 0.496 e. The average Bonchev–Trinajstić information content (AvgIpc) is 2.95. The van der Waals surface area contributed by atoms with Gasteiger partial charge in [0.2, 0.25) is 5.91 Å². The summed E-state index contributed by atoms with van der Waals surface area (Å²) in [5.41, 5.74) is 6.95. The molecule has 0 radical (unpaired) electrons. The molecule has 1 heterocycles. The van der Waals surface area contributed by atoms with E-state index in [1.807, 2.05) is 31.2 Å². The predicted molar refractivity (Wildman–Crippen MR) is 87.7 cm³/mol. The van der Waals surface area contributed by atoms with E-state index in [0.717, 1.165) is 30.8 Å². The second-order valence-electron chi connectivity index (χ2n) is 6.44. The minimum atomic E-state index is -0.136. The number of para-hydroxylation sites is 1. The summed E-state index contributed by atoms with van der Waals surface area (Å²) in [5.74, 6) is 0.847. The van der Waals surface area contributed by atoms with Crippen LogP contribution in [0.15, 0.2) is 24.3 Å². The summed E-state index contributed by atoms with van der Waals surface area (Å²) in [4.78, 5) is 14.6. The van der Waals surface area contributed by atoms with Crippen LogP contribution < -0.4 is 15.8 Å². The van der Waals surface area contributed by atoms with Gasteiger partial charge in [-0.2, -0.15) is 0 Å². The molecular formula is C17H27N3O2. The van der Waals surface area contributed by atoms with Crippen LogP contribution in [0.2, 0.25) is 0 Å². The third kappa shape index (κ3) is 3.78. The number of ether oxygens (including phenoxy) is 1. The Labute approximate surface area is 132 Å². The highest BCUT2D eigenvalue weighted by Gasteiger charge is 2.36. The van der Waals surface area contributed by atoms with E-state index >= 15 is 0 Å². The smallest absolute Gasteiger partial charge is 0.237 e. The van der Waals surface area contributed by atoms with Gasteiger partial charge in [0.15, 0.2) is 0 Å². The fraction of sp³-hybridized carbons (Fsp3) is 0.588. The fourth-order valence-corrected chi connectivity index (χ4v) is 2.90. The van der Waals surface area contributed by atoms with Crippen molar-refractivity contribution in [3.63, 3.8) is 0 Å². The zero-order chi connectivity index (χ0) is 16.2. The number of nitrogens with one attached hydrogen (secondary N) is 1.